The van der Waals surface area contributed by atoms with E-state index in [4.69, 9.17) is 5.73 Å². The fourth-order valence-corrected chi connectivity index (χ4v) is 2.30. The molecule has 17 heavy (non-hydrogen) atoms. The molecule has 0 atom stereocenters. The first kappa shape index (κ1) is 12.1. The van der Waals surface area contributed by atoms with Crippen LogP contribution in [0.1, 0.15) is 42.1 Å². The minimum atomic E-state index is -0.363. The number of rotatable bonds is 5. The van der Waals surface area contributed by atoms with E-state index in [2.05, 4.69) is 12.2 Å². The molecule has 1 fully saturated rings. The second-order valence-electron chi connectivity index (χ2n) is 5.33. The van der Waals surface area contributed by atoms with Crippen LogP contribution in [-0.4, -0.2) is 12.5 Å². The van der Waals surface area contributed by atoms with E-state index in [-0.39, 0.29) is 5.91 Å². The standard InChI is InChI=1S/C14H20N2O/c1-14(6-3-7-14)10-16-9-11-4-2-5-12(8-11)13(15)17/h2,4-5,8,16H,3,6-7,9-10H2,1H3,(H2,15,17). The third-order valence-electron chi connectivity index (χ3n) is 3.65. The molecule has 0 saturated heterocycles. The monoisotopic (exact) mass is 232 g/mol. The molecule has 0 bridgehead atoms. The zero-order valence-corrected chi connectivity index (χ0v) is 10.3. The Bertz CT molecular complexity index is 410. The molecule has 0 aliphatic heterocycles. The van der Waals surface area contributed by atoms with Crippen LogP contribution in [0.4, 0.5) is 0 Å². The third-order valence-corrected chi connectivity index (χ3v) is 3.65. The molecule has 2 rings (SSSR count). The fourth-order valence-electron chi connectivity index (χ4n) is 2.30. The van der Waals surface area contributed by atoms with Crippen molar-refractivity contribution >= 4 is 5.91 Å². The van der Waals surface area contributed by atoms with Gasteiger partial charge in [0.15, 0.2) is 0 Å². The van der Waals surface area contributed by atoms with Gasteiger partial charge in [-0.15, -0.1) is 0 Å². The first-order valence-corrected chi connectivity index (χ1v) is 6.19. The van der Waals surface area contributed by atoms with Crippen molar-refractivity contribution in [2.45, 2.75) is 32.7 Å². The van der Waals surface area contributed by atoms with Crippen molar-refractivity contribution in [3.8, 4) is 0 Å². The lowest BCUT2D eigenvalue weighted by atomic mass is 9.70. The molecule has 0 unspecified atom stereocenters. The van der Waals surface area contributed by atoms with Crippen molar-refractivity contribution < 1.29 is 4.79 Å². The molecule has 3 N–H and O–H groups in total. The number of nitrogens with one attached hydrogen (secondary N) is 1. The predicted molar refractivity (Wildman–Crippen MR) is 68.6 cm³/mol. The summed E-state index contributed by atoms with van der Waals surface area (Å²) in [5.74, 6) is -0.363. The summed E-state index contributed by atoms with van der Waals surface area (Å²) >= 11 is 0. The number of primary amides is 1. The zero-order chi connectivity index (χ0) is 12.3. The van der Waals surface area contributed by atoms with Crippen molar-refractivity contribution in [3.63, 3.8) is 0 Å². The maximum Gasteiger partial charge on any atom is 0.248 e. The Labute approximate surface area is 102 Å². The van der Waals surface area contributed by atoms with Gasteiger partial charge in [0.1, 0.15) is 0 Å². The molecule has 1 saturated carbocycles. The second kappa shape index (κ2) is 4.88. The maximum absolute atomic E-state index is 11.0. The summed E-state index contributed by atoms with van der Waals surface area (Å²) in [6.45, 7) is 4.17. The lowest BCUT2D eigenvalue weighted by molar-refractivity contribution is 0.1000. The van der Waals surface area contributed by atoms with E-state index in [0.717, 1.165) is 18.7 Å². The Morgan fingerprint density at radius 2 is 2.24 bits per heavy atom. The normalized spacial score (nSPS) is 17.5. The predicted octanol–water partition coefficient (Wildman–Crippen LogP) is 2.07. The SMILES string of the molecule is CC1(CNCc2cccc(C(N)=O)c2)CCC1. The zero-order valence-electron chi connectivity index (χ0n) is 10.3. The first-order chi connectivity index (χ1) is 8.09. The van der Waals surface area contributed by atoms with Crippen molar-refractivity contribution in [3.05, 3.63) is 35.4 Å². The summed E-state index contributed by atoms with van der Waals surface area (Å²) in [6, 6.07) is 7.50. The van der Waals surface area contributed by atoms with Gasteiger partial charge in [0.25, 0.3) is 0 Å². The average Bonchev–Trinajstić information content (AvgIpc) is 2.27. The highest BCUT2D eigenvalue weighted by molar-refractivity contribution is 5.92. The molecule has 0 spiro atoms. The molecule has 1 aliphatic rings. The summed E-state index contributed by atoms with van der Waals surface area (Å²) in [5, 5.41) is 3.46. The molecule has 0 aromatic heterocycles. The Morgan fingerprint density at radius 3 is 2.82 bits per heavy atom. The van der Waals surface area contributed by atoms with Gasteiger partial charge in [0.05, 0.1) is 0 Å². The van der Waals surface area contributed by atoms with Crippen molar-refractivity contribution in [1.29, 1.82) is 0 Å². The van der Waals surface area contributed by atoms with E-state index in [9.17, 15) is 4.79 Å². The van der Waals surface area contributed by atoms with E-state index in [0.29, 0.717) is 11.0 Å². The van der Waals surface area contributed by atoms with E-state index >= 15 is 0 Å². The van der Waals surface area contributed by atoms with Crippen LogP contribution in [0.3, 0.4) is 0 Å². The van der Waals surface area contributed by atoms with Crippen molar-refractivity contribution in [2.75, 3.05) is 6.54 Å². The molecule has 0 radical (unpaired) electrons. The van der Waals surface area contributed by atoms with Gasteiger partial charge in [-0.25, -0.2) is 0 Å². The van der Waals surface area contributed by atoms with Crippen LogP contribution in [0.5, 0.6) is 0 Å². The molecular formula is C14H20N2O. The summed E-state index contributed by atoms with van der Waals surface area (Å²) in [5.41, 5.74) is 7.44. The van der Waals surface area contributed by atoms with Crippen LogP contribution in [0.15, 0.2) is 24.3 Å². The number of carbonyl (C=O) groups is 1. The molecule has 1 aromatic carbocycles. The number of hydrogen-bond donors (Lipinski definition) is 2. The van der Waals surface area contributed by atoms with Gasteiger partial charge < -0.3 is 11.1 Å². The molecule has 3 nitrogen and oxygen atoms in total. The van der Waals surface area contributed by atoms with Crippen molar-refractivity contribution in [1.82, 2.24) is 5.32 Å². The molecule has 1 amide bonds. The van der Waals surface area contributed by atoms with Crippen LogP contribution < -0.4 is 11.1 Å². The molecule has 1 aliphatic carbocycles. The van der Waals surface area contributed by atoms with Crippen molar-refractivity contribution in [2.24, 2.45) is 11.1 Å². The minimum absolute atomic E-state index is 0.363. The van der Waals surface area contributed by atoms with E-state index in [1.54, 1.807) is 6.07 Å². The summed E-state index contributed by atoms with van der Waals surface area (Å²) in [4.78, 5) is 11.0. The summed E-state index contributed by atoms with van der Waals surface area (Å²) in [7, 11) is 0. The van der Waals surface area contributed by atoms with Gasteiger partial charge in [-0.2, -0.15) is 0 Å². The van der Waals surface area contributed by atoms with Crippen LogP contribution in [0.2, 0.25) is 0 Å². The lowest BCUT2D eigenvalue weighted by Crippen LogP contribution is -2.37. The van der Waals surface area contributed by atoms with Gasteiger partial charge in [0, 0.05) is 18.7 Å². The van der Waals surface area contributed by atoms with Gasteiger partial charge >= 0.3 is 0 Å². The second-order valence-corrected chi connectivity index (χ2v) is 5.33. The highest BCUT2D eigenvalue weighted by Gasteiger charge is 2.30. The van der Waals surface area contributed by atoms with Gasteiger partial charge in [-0.1, -0.05) is 25.5 Å². The maximum atomic E-state index is 11.0. The first-order valence-electron chi connectivity index (χ1n) is 6.19. The minimum Gasteiger partial charge on any atom is -0.366 e. The van der Waals surface area contributed by atoms with Crippen LogP contribution in [-0.2, 0) is 6.54 Å². The largest absolute Gasteiger partial charge is 0.366 e. The van der Waals surface area contributed by atoms with E-state index < -0.39 is 0 Å². The quantitative estimate of drug-likeness (QED) is 0.816. The lowest BCUT2D eigenvalue weighted by Gasteiger charge is -2.38. The van der Waals surface area contributed by atoms with Gasteiger partial charge in [-0.05, 0) is 36.0 Å². The smallest absolute Gasteiger partial charge is 0.248 e. The van der Waals surface area contributed by atoms with E-state index in [1.807, 2.05) is 18.2 Å². The summed E-state index contributed by atoms with van der Waals surface area (Å²) < 4.78 is 0. The molecule has 92 valence electrons. The van der Waals surface area contributed by atoms with E-state index in [1.165, 1.54) is 19.3 Å². The fraction of sp³-hybridized carbons (Fsp3) is 0.500. The summed E-state index contributed by atoms with van der Waals surface area (Å²) in [6.07, 6.45) is 4.00. The number of nitrogens with two attached hydrogens (primary N) is 1. The Balaban J connectivity index is 1.86. The molecule has 1 aromatic rings. The number of hydrogen-bond acceptors (Lipinski definition) is 2. The highest BCUT2D eigenvalue weighted by Crippen LogP contribution is 2.39. The highest BCUT2D eigenvalue weighted by atomic mass is 16.1. The third kappa shape index (κ3) is 3.07. The Morgan fingerprint density at radius 1 is 1.47 bits per heavy atom. The molecule has 0 heterocycles. The van der Waals surface area contributed by atoms with Crippen LogP contribution >= 0.6 is 0 Å². The van der Waals surface area contributed by atoms with Gasteiger partial charge in [0.2, 0.25) is 5.91 Å². The molecular weight excluding hydrogens is 212 g/mol. The topological polar surface area (TPSA) is 55.1 Å². The number of carbonyl (C=O) groups excluding carboxylic acids is 1. The Kier molecular flexibility index (Phi) is 3.48. The van der Waals surface area contributed by atoms with Crippen LogP contribution in [0.25, 0.3) is 0 Å². The number of benzene rings is 1. The average molecular weight is 232 g/mol. The number of amides is 1. The van der Waals surface area contributed by atoms with Crippen LogP contribution in [0, 0.1) is 5.41 Å². The molecule has 3 heteroatoms. The Hall–Kier alpha value is -1.35. The van der Waals surface area contributed by atoms with Gasteiger partial charge in [-0.3, -0.25) is 4.79 Å².